The van der Waals surface area contributed by atoms with E-state index in [2.05, 4.69) is 15.9 Å². The van der Waals surface area contributed by atoms with E-state index in [1.807, 2.05) is 26.0 Å². The van der Waals surface area contributed by atoms with Gasteiger partial charge in [0.2, 0.25) is 0 Å². The van der Waals surface area contributed by atoms with Crippen LogP contribution in [0.2, 0.25) is 0 Å². The number of aryl methyl sites for hydroxylation is 1. The van der Waals surface area contributed by atoms with Gasteiger partial charge in [0.25, 0.3) is 0 Å². The fraction of sp³-hybridized carbons (Fsp3) is 0.455. The van der Waals surface area contributed by atoms with Crippen LogP contribution >= 0.6 is 15.9 Å². The molecule has 0 aliphatic rings. The lowest BCUT2D eigenvalue weighted by atomic mass is 9.99. The Labute approximate surface area is 93.0 Å². The molecule has 0 amide bonds. The zero-order valence-corrected chi connectivity index (χ0v) is 10.3. The maximum absolute atomic E-state index is 9.12. The summed E-state index contributed by atoms with van der Waals surface area (Å²) in [5.41, 5.74) is 2.20. The average Bonchev–Trinajstić information content (AvgIpc) is 2.15. The number of aliphatic hydroxyl groups is 1. The number of hydrogen-bond donors (Lipinski definition) is 1. The van der Waals surface area contributed by atoms with Crippen molar-refractivity contribution in [1.82, 2.24) is 0 Å². The number of aliphatic hydroxyl groups excluding tert-OH is 1. The summed E-state index contributed by atoms with van der Waals surface area (Å²) >= 11 is 3.45. The highest BCUT2D eigenvalue weighted by Crippen LogP contribution is 2.34. The molecule has 0 aliphatic carbocycles. The second kappa shape index (κ2) is 4.80. The van der Waals surface area contributed by atoms with Crippen molar-refractivity contribution in [2.45, 2.75) is 19.8 Å². The highest BCUT2D eigenvalue weighted by molar-refractivity contribution is 9.10. The average molecular weight is 259 g/mol. The van der Waals surface area contributed by atoms with Gasteiger partial charge in [0, 0.05) is 18.1 Å². The van der Waals surface area contributed by atoms with Crippen LogP contribution in [-0.4, -0.2) is 18.8 Å². The number of halogens is 1. The van der Waals surface area contributed by atoms with Gasteiger partial charge in [-0.3, -0.25) is 0 Å². The summed E-state index contributed by atoms with van der Waals surface area (Å²) in [7, 11) is 1.64. The van der Waals surface area contributed by atoms with Crippen LogP contribution in [0.1, 0.15) is 24.0 Å². The van der Waals surface area contributed by atoms with Crippen LogP contribution in [0.25, 0.3) is 0 Å². The molecule has 1 unspecified atom stereocenters. The van der Waals surface area contributed by atoms with Gasteiger partial charge in [-0.05, 0) is 34.5 Å². The lowest BCUT2D eigenvalue weighted by Gasteiger charge is -2.15. The number of rotatable bonds is 3. The van der Waals surface area contributed by atoms with Crippen molar-refractivity contribution in [3.05, 3.63) is 27.7 Å². The van der Waals surface area contributed by atoms with Crippen LogP contribution in [0.3, 0.4) is 0 Å². The minimum Gasteiger partial charge on any atom is -0.495 e. The number of methoxy groups -OCH3 is 1. The topological polar surface area (TPSA) is 29.5 Å². The molecule has 1 aromatic carbocycles. The molecule has 0 aromatic heterocycles. The highest BCUT2D eigenvalue weighted by Gasteiger charge is 2.13. The quantitative estimate of drug-likeness (QED) is 0.904. The van der Waals surface area contributed by atoms with Crippen molar-refractivity contribution in [1.29, 1.82) is 0 Å². The maximum atomic E-state index is 9.12. The minimum atomic E-state index is 0.0983. The Balaban J connectivity index is 3.24. The van der Waals surface area contributed by atoms with E-state index in [1.54, 1.807) is 7.11 Å². The van der Waals surface area contributed by atoms with Crippen LogP contribution in [0.4, 0.5) is 0 Å². The molecule has 2 nitrogen and oxygen atoms in total. The van der Waals surface area contributed by atoms with Crippen LogP contribution in [-0.2, 0) is 0 Å². The molecule has 3 heteroatoms. The number of hydrogen-bond acceptors (Lipinski definition) is 2. The molecule has 0 saturated heterocycles. The Morgan fingerprint density at radius 3 is 2.64 bits per heavy atom. The Morgan fingerprint density at radius 2 is 2.14 bits per heavy atom. The van der Waals surface area contributed by atoms with Crippen molar-refractivity contribution in [3.63, 3.8) is 0 Å². The summed E-state index contributed by atoms with van der Waals surface area (Å²) in [5, 5.41) is 9.12. The summed E-state index contributed by atoms with van der Waals surface area (Å²) in [4.78, 5) is 0. The molecule has 0 fully saturated rings. The molecule has 14 heavy (non-hydrogen) atoms. The molecule has 1 atom stereocenters. The van der Waals surface area contributed by atoms with Gasteiger partial charge in [-0.15, -0.1) is 0 Å². The zero-order chi connectivity index (χ0) is 10.7. The summed E-state index contributed by atoms with van der Waals surface area (Å²) in [6.07, 6.45) is 0. The first kappa shape index (κ1) is 11.5. The van der Waals surface area contributed by atoms with E-state index in [-0.39, 0.29) is 12.5 Å². The number of benzene rings is 1. The van der Waals surface area contributed by atoms with E-state index in [4.69, 9.17) is 9.84 Å². The Bertz CT molecular complexity index is 323. The normalized spacial score (nSPS) is 12.6. The monoisotopic (exact) mass is 258 g/mol. The van der Waals surface area contributed by atoms with E-state index in [9.17, 15) is 0 Å². The van der Waals surface area contributed by atoms with E-state index in [0.29, 0.717) is 0 Å². The van der Waals surface area contributed by atoms with Crippen molar-refractivity contribution < 1.29 is 9.84 Å². The Hall–Kier alpha value is -0.540. The molecular formula is C11H15BrO2. The molecular weight excluding hydrogens is 244 g/mol. The third kappa shape index (κ3) is 2.28. The smallest absolute Gasteiger partial charge is 0.136 e. The van der Waals surface area contributed by atoms with Crippen LogP contribution in [0.5, 0.6) is 5.75 Å². The zero-order valence-electron chi connectivity index (χ0n) is 8.67. The number of ether oxygens (including phenoxy) is 1. The molecule has 1 rings (SSSR count). The molecule has 0 spiro atoms. The van der Waals surface area contributed by atoms with Gasteiger partial charge in [-0.25, -0.2) is 0 Å². The summed E-state index contributed by atoms with van der Waals surface area (Å²) in [5.74, 6) is 0.915. The van der Waals surface area contributed by atoms with Crippen LogP contribution in [0.15, 0.2) is 16.6 Å². The van der Waals surface area contributed by atoms with E-state index < -0.39 is 0 Å². The minimum absolute atomic E-state index is 0.0983. The standard InChI is InChI=1S/C11H15BrO2/c1-7-4-9(8(2)6-13)11(14-3)10(12)5-7/h4-5,8,13H,6H2,1-3H3. The van der Waals surface area contributed by atoms with Gasteiger partial charge < -0.3 is 9.84 Å². The Kier molecular flexibility index (Phi) is 3.96. The van der Waals surface area contributed by atoms with Gasteiger partial charge in [0.05, 0.1) is 11.6 Å². The van der Waals surface area contributed by atoms with Crippen LogP contribution < -0.4 is 4.74 Å². The summed E-state index contributed by atoms with van der Waals surface area (Å²) in [6, 6.07) is 4.05. The summed E-state index contributed by atoms with van der Waals surface area (Å²) < 4.78 is 6.24. The molecule has 1 N–H and O–H groups in total. The van der Waals surface area contributed by atoms with Gasteiger partial charge >= 0.3 is 0 Å². The third-order valence-electron chi connectivity index (χ3n) is 2.23. The van der Waals surface area contributed by atoms with E-state index in [1.165, 1.54) is 0 Å². The molecule has 0 saturated carbocycles. The first-order chi connectivity index (χ1) is 6.60. The first-order valence-corrected chi connectivity index (χ1v) is 5.34. The van der Waals surface area contributed by atoms with E-state index in [0.717, 1.165) is 21.3 Å². The molecule has 1 aromatic rings. The lowest BCUT2D eigenvalue weighted by Crippen LogP contribution is -2.03. The fourth-order valence-electron chi connectivity index (χ4n) is 1.44. The Morgan fingerprint density at radius 1 is 1.50 bits per heavy atom. The lowest BCUT2D eigenvalue weighted by molar-refractivity contribution is 0.269. The van der Waals surface area contributed by atoms with Crippen molar-refractivity contribution >= 4 is 15.9 Å². The third-order valence-corrected chi connectivity index (χ3v) is 2.81. The second-order valence-corrected chi connectivity index (χ2v) is 4.31. The maximum Gasteiger partial charge on any atom is 0.136 e. The van der Waals surface area contributed by atoms with Crippen LogP contribution in [0, 0.1) is 6.92 Å². The van der Waals surface area contributed by atoms with Gasteiger partial charge in [-0.1, -0.05) is 13.0 Å². The van der Waals surface area contributed by atoms with Gasteiger partial charge in [-0.2, -0.15) is 0 Å². The molecule has 78 valence electrons. The fourth-order valence-corrected chi connectivity index (χ4v) is 2.19. The molecule has 0 aliphatic heterocycles. The molecule has 0 heterocycles. The predicted octanol–water partition coefficient (Wildman–Crippen LogP) is 2.86. The van der Waals surface area contributed by atoms with Crippen molar-refractivity contribution in [2.24, 2.45) is 0 Å². The molecule has 0 radical (unpaired) electrons. The van der Waals surface area contributed by atoms with Gasteiger partial charge in [0.15, 0.2) is 0 Å². The predicted molar refractivity (Wildman–Crippen MR) is 60.9 cm³/mol. The van der Waals surface area contributed by atoms with E-state index >= 15 is 0 Å². The highest BCUT2D eigenvalue weighted by atomic mass is 79.9. The van der Waals surface area contributed by atoms with Gasteiger partial charge in [0.1, 0.15) is 5.75 Å². The van der Waals surface area contributed by atoms with Crippen molar-refractivity contribution in [2.75, 3.05) is 13.7 Å². The summed E-state index contributed by atoms with van der Waals surface area (Å²) in [6.45, 7) is 4.13. The largest absolute Gasteiger partial charge is 0.495 e. The molecule has 0 bridgehead atoms. The first-order valence-electron chi connectivity index (χ1n) is 4.55. The second-order valence-electron chi connectivity index (χ2n) is 3.45. The van der Waals surface area contributed by atoms with Crippen molar-refractivity contribution in [3.8, 4) is 5.75 Å². The SMILES string of the molecule is COc1c(Br)cc(C)cc1C(C)CO.